The van der Waals surface area contributed by atoms with E-state index in [2.05, 4.69) is 24.2 Å². The molecule has 1 aromatic rings. The van der Waals surface area contributed by atoms with Gasteiger partial charge in [0.2, 0.25) is 0 Å². The highest BCUT2D eigenvalue weighted by molar-refractivity contribution is 5.93. The lowest BCUT2D eigenvalue weighted by atomic mass is 10.2. The molecule has 0 unspecified atom stereocenters. The number of guanidine groups is 1. The van der Waals surface area contributed by atoms with Gasteiger partial charge in [0, 0.05) is 6.54 Å². The zero-order valence-corrected chi connectivity index (χ0v) is 10.7. The van der Waals surface area contributed by atoms with E-state index >= 15 is 0 Å². The van der Waals surface area contributed by atoms with Crippen LogP contribution >= 0.6 is 0 Å². The predicted molar refractivity (Wildman–Crippen MR) is 72.6 cm³/mol. The minimum absolute atomic E-state index is 0.422. The maximum atomic E-state index is 5.80. The van der Waals surface area contributed by atoms with Gasteiger partial charge in [-0.05, 0) is 25.0 Å². The minimum Gasteiger partial charge on any atom is -0.492 e. The molecule has 0 aliphatic heterocycles. The molecular formula is C13H21N3O. The Hall–Kier alpha value is -1.71. The van der Waals surface area contributed by atoms with E-state index < -0.39 is 0 Å². The summed E-state index contributed by atoms with van der Waals surface area (Å²) in [6.07, 6.45) is 0. The molecule has 0 radical (unpaired) electrons. The summed E-state index contributed by atoms with van der Waals surface area (Å²) in [6.45, 7) is 7.50. The number of aliphatic imine (C=N–C) groups is 1. The zero-order chi connectivity index (χ0) is 12.7. The molecular weight excluding hydrogens is 214 g/mol. The lowest BCUT2D eigenvalue weighted by molar-refractivity contribution is 0.342. The van der Waals surface area contributed by atoms with Crippen LogP contribution in [0.5, 0.6) is 5.75 Å². The van der Waals surface area contributed by atoms with E-state index in [4.69, 9.17) is 10.5 Å². The summed E-state index contributed by atoms with van der Waals surface area (Å²) < 4.78 is 5.49. The molecule has 4 heteroatoms. The number of ether oxygens (including phenoxy) is 1. The molecule has 0 saturated heterocycles. The predicted octanol–water partition coefficient (Wildman–Crippen LogP) is 2.47. The first kappa shape index (κ1) is 13.4. The van der Waals surface area contributed by atoms with Crippen molar-refractivity contribution in [2.75, 3.05) is 18.5 Å². The minimum atomic E-state index is 0.422. The Balaban J connectivity index is 2.70. The van der Waals surface area contributed by atoms with Crippen molar-refractivity contribution in [1.29, 1.82) is 0 Å². The number of nitrogens with zero attached hydrogens (tertiary/aromatic N) is 1. The van der Waals surface area contributed by atoms with Crippen LogP contribution in [0.15, 0.2) is 29.3 Å². The van der Waals surface area contributed by atoms with Crippen molar-refractivity contribution in [1.82, 2.24) is 0 Å². The quantitative estimate of drug-likeness (QED) is 0.609. The summed E-state index contributed by atoms with van der Waals surface area (Å²) in [7, 11) is 0. The summed E-state index contributed by atoms with van der Waals surface area (Å²) in [5, 5.41) is 3.05. The fourth-order valence-corrected chi connectivity index (χ4v) is 1.31. The van der Waals surface area contributed by atoms with Gasteiger partial charge in [0.05, 0.1) is 12.3 Å². The van der Waals surface area contributed by atoms with Crippen LogP contribution in [-0.4, -0.2) is 19.1 Å². The maximum absolute atomic E-state index is 5.80. The van der Waals surface area contributed by atoms with Crippen LogP contribution in [0, 0.1) is 5.92 Å². The van der Waals surface area contributed by atoms with Crippen molar-refractivity contribution in [2.45, 2.75) is 20.8 Å². The van der Waals surface area contributed by atoms with E-state index in [-0.39, 0.29) is 0 Å². The van der Waals surface area contributed by atoms with Gasteiger partial charge >= 0.3 is 0 Å². The molecule has 0 fully saturated rings. The molecule has 0 heterocycles. The molecule has 1 rings (SSSR count). The Morgan fingerprint density at radius 3 is 2.76 bits per heavy atom. The van der Waals surface area contributed by atoms with Crippen LogP contribution in [0.2, 0.25) is 0 Å². The smallest absolute Gasteiger partial charge is 0.193 e. The second kappa shape index (κ2) is 6.78. The third-order valence-corrected chi connectivity index (χ3v) is 2.08. The van der Waals surface area contributed by atoms with Crippen molar-refractivity contribution < 1.29 is 4.74 Å². The molecule has 0 saturated carbocycles. The molecule has 0 aliphatic rings. The lowest BCUT2D eigenvalue weighted by Crippen LogP contribution is -2.23. The monoisotopic (exact) mass is 235 g/mol. The standard InChI is InChI=1S/C13H21N3O/c1-4-17-12-8-6-5-7-11(12)16-13(14)15-9-10(2)3/h5-8,10H,4,9H2,1-3H3,(H3,14,15,16). The van der Waals surface area contributed by atoms with Gasteiger partial charge in [-0.1, -0.05) is 26.0 Å². The molecule has 0 atom stereocenters. The molecule has 0 aromatic heterocycles. The molecule has 17 heavy (non-hydrogen) atoms. The first-order chi connectivity index (χ1) is 8.13. The van der Waals surface area contributed by atoms with Gasteiger partial charge < -0.3 is 15.8 Å². The van der Waals surface area contributed by atoms with Crippen LogP contribution in [0.25, 0.3) is 0 Å². The van der Waals surface area contributed by atoms with Crippen LogP contribution in [-0.2, 0) is 0 Å². The van der Waals surface area contributed by atoms with E-state index in [9.17, 15) is 0 Å². The Labute approximate surface area is 103 Å². The van der Waals surface area contributed by atoms with Gasteiger partial charge in [0.25, 0.3) is 0 Å². The second-order valence-electron chi connectivity index (χ2n) is 4.17. The number of nitrogens with two attached hydrogens (primary N) is 1. The molecule has 3 N–H and O–H groups in total. The molecule has 1 aromatic carbocycles. The van der Waals surface area contributed by atoms with Crippen molar-refractivity contribution in [3.05, 3.63) is 24.3 Å². The zero-order valence-electron chi connectivity index (χ0n) is 10.7. The number of hydrogen-bond acceptors (Lipinski definition) is 2. The Kier molecular flexibility index (Phi) is 5.33. The average molecular weight is 235 g/mol. The third kappa shape index (κ3) is 4.76. The van der Waals surface area contributed by atoms with Crippen LogP contribution in [0.3, 0.4) is 0 Å². The van der Waals surface area contributed by atoms with Gasteiger partial charge in [-0.3, -0.25) is 4.99 Å². The number of hydrogen-bond donors (Lipinski definition) is 2. The Bertz CT molecular complexity index is 375. The van der Waals surface area contributed by atoms with Crippen molar-refractivity contribution in [2.24, 2.45) is 16.6 Å². The highest BCUT2D eigenvalue weighted by Gasteiger charge is 2.03. The second-order valence-corrected chi connectivity index (χ2v) is 4.17. The van der Waals surface area contributed by atoms with Crippen molar-refractivity contribution in [3.63, 3.8) is 0 Å². The number of para-hydroxylation sites is 2. The average Bonchev–Trinajstić information content (AvgIpc) is 2.29. The summed E-state index contributed by atoms with van der Waals surface area (Å²) >= 11 is 0. The molecule has 0 aliphatic carbocycles. The summed E-state index contributed by atoms with van der Waals surface area (Å²) in [4.78, 5) is 4.25. The Morgan fingerprint density at radius 1 is 1.41 bits per heavy atom. The van der Waals surface area contributed by atoms with Crippen LogP contribution < -0.4 is 15.8 Å². The fourth-order valence-electron chi connectivity index (χ4n) is 1.31. The topological polar surface area (TPSA) is 59.6 Å². The molecule has 0 spiro atoms. The highest BCUT2D eigenvalue weighted by Crippen LogP contribution is 2.23. The highest BCUT2D eigenvalue weighted by atomic mass is 16.5. The molecule has 4 nitrogen and oxygen atoms in total. The first-order valence-corrected chi connectivity index (χ1v) is 5.92. The lowest BCUT2D eigenvalue weighted by Gasteiger charge is -2.11. The normalized spacial score (nSPS) is 11.6. The summed E-state index contributed by atoms with van der Waals surface area (Å²) in [5.41, 5.74) is 6.65. The Morgan fingerprint density at radius 2 is 2.12 bits per heavy atom. The van der Waals surface area contributed by atoms with E-state index in [0.717, 1.165) is 18.0 Å². The van der Waals surface area contributed by atoms with Gasteiger partial charge in [-0.15, -0.1) is 0 Å². The van der Waals surface area contributed by atoms with E-state index in [1.807, 2.05) is 31.2 Å². The van der Waals surface area contributed by atoms with Gasteiger partial charge in [-0.25, -0.2) is 0 Å². The van der Waals surface area contributed by atoms with E-state index in [1.54, 1.807) is 0 Å². The number of nitrogens with one attached hydrogen (secondary N) is 1. The molecule has 94 valence electrons. The van der Waals surface area contributed by atoms with Gasteiger partial charge in [0.15, 0.2) is 5.96 Å². The number of benzene rings is 1. The molecule has 0 amide bonds. The largest absolute Gasteiger partial charge is 0.492 e. The number of rotatable bonds is 5. The van der Waals surface area contributed by atoms with Crippen LogP contribution in [0.1, 0.15) is 20.8 Å². The van der Waals surface area contributed by atoms with E-state index in [1.165, 1.54) is 0 Å². The summed E-state index contributed by atoms with van der Waals surface area (Å²) in [6, 6.07) is 7.68. The fraction of sp³-hybridized carbons (Fsp3) is 0.462. The van der Waals surface area contributed by atoms with Crippen molar-refractivity contribution >= 4 is 11.6 Å². The maximum Gasteiger partial charge on any atom is 0.193 e. The first-order valence-electron chi connectivity index (χ1n) is 5.92. The van der Waals surface area contributed by atoms with E-state index in [0.29, 0.717) is 18.5 Å². The number of anilines is 1. The molecule has 0 bridgehead atoms. The van der Waals surface area contributed by atoms with Crippen LogP contribution in [0.4, 0.5) is 5.69 Å². The van der Waals surface area contributed by atoms with Gasteiger partial charge in [0.1, 0.15) is 5.75 Å². The SMILES string of the molecule is CCOc1ccccc1NC(N)=NCC(C)C. The van der Waals surface area contributed by atoms with Gasteiger partial charge in [-0.2, -0.15) is 0 Å². The van der Waals surface area contributed by atoms with Crippen molar-refractivity contribution in [3.8, 4) is 5.75 Å². The third-order valence-electron chi connectivity index (χ3n) is 2.08. The summed E-state index contributed by atoms with van der Waals surface area (Å²) in [5.74, 6) is 1.71.